The van der Waals surface area contributed by atoms with E-state index in [-0.39, 0.29) is 29.0 Å². The molecule has 51 heavy (non-hydrogen) atoms. The lowest BCUT2D eigenvalue weighted by Crippen LogP contribution is -2.46. The molecule has 0 spiro atoms. The van der Waals surface area contributed by atoms with Gasteiger partial charge in [0.1, 0.15) is 42.4 Å². The number of nitrogens with one attached hydrogen (secondary N) is 1. The number of anilines is 1. The number of rotatable bonds is 15. The maximum atomic E-state index is 12.5. The highest BCUT2D eigenvalue weighted by molar-refractivity contribution is 7.60. The number of hydrogen-bond donors (Lipinski definition) is 8. The van der Waals surface area contributed by atoms with E-state index in [4.69, 9.17) is 20.3 Å². The van der Waals surface area contributed by atoms with Gasteiger partial charge in [0.25, 0.3) is 20.0 Å². The van der Waals surface area contributed by atoms with Crippen LogP contribution in [-0.4, -0.2) is 118 Å². The molecule has 2 aliphatic heterocycles. The molecule has 26 heteroatoms. The molecule has 2 amide bonds. The number of imidazole rings is 1. The number of nitrogens with two attached hydrogens (primary N) is 1. The van der Waals surface area contributed by atoms with Gasteiger partial charge >= 0.3 is 13.8 Å². The number of fused-ring (bicyclic) bond motifs is 1. The molecule has 2 saturated heterocycles. The minimum atomic E-state index is -5.68. The fourth-order valence-corrected chi connectivity index (χ4v) is 7.11. The van der Waals surface area contributed by atoms with E-state index in [1.807, 2.05) is 0 Å². The monoisotopic (exact) mass is 763 g/mol. The molecule has 9 N–H and O–H groups in total. The average Bonchev–Trinajstić information content (AvgIpc) is 3.71. The summed E-state index contributed by atoms with van der Waals surface area (Å²) in [5, 5.41) is 53.1. The van der Waals surface area contributed by atoms with Gasteiger partial charge in [-0.2, -0.15) is 4.57 Å². The molecule has 2 unspecified atom stereocenters. The zero-order chi connectivity index (χ0) is 37.2. The summed E-state index contributed by atoms with van der Waals surface area (Å²) in [6.45, 7) is -2.01. The maximum absolute atomic E-state index is 12.5. The van der Waals surface area contributed by atoms with Crippen molar-refractivity contribution in [1.82, 2.24) is 19.5 Å². The topological polar surface area (TPSA) is 361 Å². The van der Waals surface area contributed by atoms with Crippen LogP contribution in [0.5, 0.6) is 0 Å². The fraction of sp³-hybridized carbons (Fsp3) is 0.480. The number of primary amides is 1. The third-order valence-corrected chi connectivity index (χ3v) is 10.1. The second-order valence-corrected chi connectivity index (χ2v) is 14.1. The highest BCUT2D eigenvalue weighted by atomic mass is 31.3. The van der Waals surface area contributed by atoms with Gasteiger partial charge in [-0.1, -0.05) is 0 Å². The predicted molar refractivity (Wildman–Crippen MR) is 158 cm³/mol. The molecule has 0 saturated carbocycles. The lowest BCUT2D eigenvalue weighted by Gasteiger charge is -2.26. The Hall–Kier alpha value is -3.87. The van der Waals surface area contributed by atoms with Crippen LogP contribution in [0.4, 0.5) is 5.82 Å². The molecular weight excluding hydrogens is 732 g/mol. The minimum absolute atomic E-state index is 0.00205. The number of phosphoric acid groups is 2. The number of pyridine rings is 1. The van der Waals surface area contributed by atoms with Gasteiger partial charge in [0.2, 0.25) is 5.91 Å². The van der Waals surface area contributed by atoms with Crippen molar-refractivity contribution in [3.05, 3.63) is 42.7 Å². The van der Waals surface area contributed by atoms with Crippen molar-refractivity contribution >= 4 is 50.4 Å². The SMILES string of the molecule is NC(=O)c1ccc[n+]([C@@H]2O[C@H](COP(=O)([O-])OP(=O)(O)OC[C@H]3O[C@@H](n4cnc5c(NC(=O)CCC(=O)O)ncnc54)[C@H](O)[C@@H]3O)[C@@H](O)[C@H]2O)c1. The van der Waals surface area contributed by atoms with E-state index in [0.29, 0.717) is 0 Å². The van der Waals surface area contributed by atoms with Crippen LogP contribution < -0.4 is 20.5 Å². The Balaban J connectivity index is 1.16. The molecule has 5 heterocycles. The predicted octanol–water partition coefficient (Wildman–Crippen LogP) is -3.43. The summed E-state index contributed by atoms with van der Waals surface area (Å²) in [5.41, 5.74) is 5.27. The van der Waals surface area contributed by atoms with E-state index in [1.54, 1.807) is 0 Å². The van der Waals surface area contributed by atoms with Gasteiger partial charge in [-0.3, -0.25) is 28.0 Å². The molecule has 5 rings (SSSR count). The highest BCUT2D eigenvalue weighted by Crippen LogP contribution is 2.58. The Kier molecular flexibility index (Phi) is 11.6. The van der Waals surface area contributed by atoms with Gasteiger partial charge in [-0.05, 0) is 6.07 Å². The van der Waals surface area contributed by atoms with Crippen LogP contribution in [-0.2, 0) is 41.6 Å². The van der Waals surface area contributed by atoms with Crippen molar-refractivity contribution in [2.75, 3.05) is 18.5 Å². The first-order valence-electron chi connectivity index (χ1n) is 14.6. The van der Waals surface area contributed by atoms with Gasteiger partial charge < -0.3 is 60.4 Å². The molecular formula is C25H31N7O17P2. The Labute approximate surface area is 285 Å². The molecule has 0 radical (unpaired) electrons. The van der Waals surface area contributed by atoms with E-state index < -0.39 is 102 Å². The number of amides is 2. The molecule has 2 fully saturated rings. The van der Waals surface area contributed by atoms with Crippen LogP contribution in [0.1, 0.15) is 35.7 Å². The summed E-state index contributed by atoms with van der Waals surface area (Å²) in [6, 6.07) is 2.79. The number of carboxylic acids is 1. The number of carbonyl (C=O) groups excluding carboxylic acids is 2. The van der Waals surface area contributed by atoms with Gasteiger partial charge in [0.15, 0.2) is 41.7 Å². The Bertz CT molecular complexity index is 1880. The van der Waals surface area contributed by atoms with Crippen molar-refractivity contribution in [2.24, 2.45) is 5.73 Å². The summed E-state index contributed by atoms with van der Waals surface area (Å²) in [7, 11) is -11.2. The summed E-state index contributed by atoms with van der Waals surface area (Å²) in [4.78, 5) is 68.7. The summed E-state index contributed by atoms with van der Waals surface area (Å²) in [6.07, 6.45) is -8.71. The average molecular weight is 764 g/mol. The number of ether oxygens (including phenoxy) is 2. The molecule has 24 nitrogen and oxygen atoms in total. The molecule has 278 valence electrons. The smallest absolute Gasteiger partial charge is 0.478 e. The van der Waals surface area contributed by atoms with Crippen LogP contribution in [0, 0.1) is 0 Å². The molecule has 2 aliphatic rings. The Morgan fingerprint density at radius 2 is 1.69 bits per heavy atom. The maximum Gasteiger partial charge on any atom is 0.478 e. The Morgan fingerprint density at radius 1 is 1.00 bits per heavy atom. The normalized spacial score (nSPS) is 28.7. The quantitative estimate of drug-likeness (QED) is 0.0551. The number of aliphatic hydroxyl groups excluding tert-OH is 4. The second kappa shape index (κ2) is 15.4. The van der Waals surface area contributed by atoms with Gasteiger partial charge in [0, 0.05) is 12.5 Å². The number of hydrogen-bond acceptors (Lipinski definition) is 18. The van der Waals surface area contributed by atoms with Gasteiger partial charge in [0.05, 0.1) is 26.0 Å². The summed E-state index contributed by atoms with van der Waals surface area (Å²) >= 11 is 0. The minimum Gasteiger partial charge on any atom is -0.756 e. The lowest BCUT2D eigenvalue weighted by molar-refractivity contribution is -0.765. The molecule has 3 aromatic heterocycles. The zero-order valence-corrected chi connectivity index (χ0v) is 27.6. The van der Waals surface area contributed by atoms with Crippen molar-refractivity contribution in [3.63, 3.8) is 0 Å². The van der Waals surface area contributed by atoms with Crippen molar-refractivity contribution in [3.8, 4) is 0 Å². The largest absolute Gasteiger partial charge is 0.756 e. The summed E-state index contributed by atoms with van der Waals surface area (Å²) < 4.78 is 51.7. The van der Waals surface area contributed by atoms with Crippen molar-refractivity contribution < 1.29 is 86.2 Å². The third-order valence-electron chi connectivity index (χ3n) is 7.53. The van der Waals surface area contributed by atoms with Gasteiger partial charge in [-0.15, -0.1) is 0 Å². The number of aliphatic hydroxyl groups is 4. The molecule has 3 aromatic rings. The molecule has 10 atom stereocenters. The van der Waals surface area contributed by atoms with E-state index in [1.165, 1.54) is 29.1 Å². The number of carboxylic acid groups (broad SMARTS) is 1. The van der Waals surface area contributed by atoms with Crippen LogP contribution in [0.25, 0.3) is 11.2 Å². The standard InChI is InChI=1S/C25H31N7O17P2/c26-21(40)11-2-1-5-31(6-11)24-19(38)17(36)12(47-24)7-45-50(41,42)49-51(43,44)46-8-13-18(37)20(39)25(48-13)32-10-29-16-22(27-9-28-23(16)32)30-14(33)3-4-15(34)35/h1-2,5-6,9-10,12-13,17-20,24-25,36-39H,3-4,7-8H2,(H5-,26,27,28,30,33,34,35,40,41,42,43,44)/t12-,13-,17-,18-,19-,20-,24-,25-/m1/s1. The third kappa shape index (κ3) is 8.96. The zero-order valence-electron chi connectivity index (χ0n) is 25.8. The van der Waals surface area contributed by atoms with E-state index >= 15 is 0 Å². The van der Waals surface area contributed by atoms with Crippen LogP contribution in [0.15, 0.2) is 37.2 Å². The number of carbonyl (C=O) groups is 3. The molecule has 0 bridgehead atoms. The van der Waals surface area contributed by atoms with Crippen LogP contribution in [0.3, 0.4) is 0 Å². The number of aliphatic carboxylic acids is 1. The highest BCUT2D eigenvalue weighted by Gasteiger charge is 2.49. The number of nitrogens with zero attached hydrogens (tertiary/aromatic N) is 5. The Morgan fingerprint density at radius 3 is 2.39 bits per heavy atom. The molecule has 0 aromatic carbocycles. The van der Waals surface area contributed by atoms with Crippen LogP contribution in [0.2, 0.25) is 0 Å². The first-order valence-corrected chi connectivity index (χ1v) is 17.6. The van der Waals surface area contributed by atoms with Crippen molar-refractivity contribution in [2.45, 2.75) is 61.9 Å². The summed E-state index contributed by atoms with van der Waals surface area (Å²) in [5.74, 6) is -2.76. The second-order valence-electron chi connectivity index (χ2n) is 11.1. The lowest BCUT2D eigenvalue weighted by atomic mass is 10.1. The van der Waals surface area contributed by atoms with Crippen molar-refractivity contribution in [1.29, 1.82) is 0 Å². The first kappa shape index (κ1) is 38.4. The molecule has 0 aliphatic carbocycles. The van der Waals surface area contributed by atoms with Crippen LogP contribution >= 0.6 is 15.6 Å². The van der Waals surface area contributed by atoms with E-state index in [9.17, 15) is 53.7 Å². The number of aromatic nitrogens is 5. The van der Waals surface area contributed by atoms with Gasteiger partial charge in [-0.25, -0.2) is 23.8 Å². The fourth-order valence-electron chi connectivity index (χ4n) is 5.06. The van der Waals surface area contributed by atoms with E-state index in [0.717, 1.165) is 17.2 Å². The first-order chi connectivity index (χ1) is 24.0. The van der Waals surface area contributed by atoms with E-state index in [2.05, 4.69) is 33.6 Å². The number of phosphoric ester groups is 2.